The number of carbonyl (C=O) groups is 2. The number of hydrogen-bond acceptors (Lipinski definition) is 4. The number of piperidine rings is 1. The molecule has 0 aromatic heterocycles. The minimum Gasteiger partial charge on any atom is -0.469 e. The van der Waals surface area contributed by atoms with Crippen molar-refractivity contribution in [1.29, 1.82) is 0 Å². The number of benzene rings is 1. The third kappa shape index (κ3) is 4.56. The fraction of sp³-hybridized carbons (Fsp3) is 0.500. The van der Waals surface area contributed by atoms with Crippen molar-refractivity contribution < 1.29 is 14.3 Å². The second kappa shape index (κ2) is 7.78. The van der Waals surface area contributed by atoms with E-state index in [1.165, 1.54) is 7.11 Å². The molecule has 1 heterocycles. The normalized spacial score (nSPS) is 17.0. The Kier molecular flexibility index (Phi) is 5.75. The van der Waals surface area contributed by atoms with Crippen LogP contribution < -0.4 is 10.6 Å². The first-order chi connectivity index (χ1) is 10.2. The molecular formula is C16H22N2O3. The minimum atomic E-state index is -0.332. The van der Waals surface area contributed by atoms with Crippen LogP contribution in [0.2, 0.25) is 0 Å². The van der Waals surface area contributed by atoms with Crippen molar-refractivity contribution in [2.24, 2.45) is 5.92 Å². The van der Waals surface area contributed by atoms with Gasteiger partial charge in [0.2, 0.25) is 5.91 Å². The van der Waals surface area contributed by atoms with Crippen LogP contribution in [-0.2, 0) is 14.3 Å². The third-order valence-corrected chi connectivity index (χ3v) is 3.83. The lowest BCUT2D eigenvalue weighted by Gasteiger charge is -2.25. The number of methoxy groups -OCH3 is 1. The van der Waals surface area contributed by atoms with Crippen molar-refractivity contribution in [2.75, 3.05) is 20.2 Å². The molecule has 1 unspecified atom stereocenters. The van der Waals surface area contributed by atoms with E-state index in [-0.39, 0.29) is 30.3 Å². The predicted molar refractivity (Wildman–Crippen MR) is 79.6 cm³/mol. The van der Waals surface area contributed by atoms with Crippen LogP contribution in [-0.4, -0.2) is 32.1 Å². The van der Waals surface area contributed by atoms with E-state index in [2.05, 4.69) is 10.6 Å². The fourth-order valence-electron chi connectivity index (χ4n) is 2.56. The molecule has 21 heavy (non-hydrogen) atoms. The summed E-state index contributed by atoms with van der Waals surface area (Å²) in [5.74, 6) is -0.279. The zero-order valence-corrected chi connectivity index (χ0v) is 12.3. The van der Waals surface area contributed by atoms with Gasteiger partial charge in [-0.25, -0.2) is 0 Å². The molecule has 1 saturated heterocycles. The van der Waals surface area contributed by atoms with Gasteiger partial charge in [-0.15, -0.1) is 0 Å². The zero-order chi connectivity index (χ0) is 15.1. The molecule has 1 amide bonds. The lowest BCUT2D eigenvalue weighted by Crippen LogP contribution is -2.40. The van der Waals surface area contributed by atoms with Crippen LogP contribution >= 0.6 is 0 Å². The fourth-order valence-corrected chi connectivity index (χ4v) is 2.56. The summed E-state index contributed by atoms with van der Waals surface area (Å²) in [5.41, 5.74) is 0.921. The number of carbonyl (C=O) groups excluding carboxylic acids is 2. The first-order valence-corrected chi connectivity index (χ1v) is 7.33. The van der Waals surface area contributed by atoms with Crippen molar-refractivity contribution in [3.05, 3.63) is 35.9 Å². The molecule has 1 aliphatic rings. The van der Waals surface area contributed by atoms with Gasteiger partial charge in [0.05, 0.1) is 19.6 Å². The van der Waals surface area contributed by atoms with Crippen molar-refractivity contribution in [3.63, 3.8) is 0 Å². The standard InChI is InChI=1S/C16H22N2O3/c1-21-15(19)11-14(12-5-3-2-4-6-12)18-16(20)13-7-9-17-10-8-13/h2-6,13-14,17H,7-11H2,1H3,(H,18,20). The monoisotopic (exact) mass is 290 g/mol. The van der Waals surface area contributed by atoms with Crippen LogP contribution in [0.4, 0.5) is 0 Å². The maximum atomic E-state index is 12.4. The summed E-state index contributed by atoms with van der Waals surface area (Å²) in [6, 6.07) is 9.20. The van der Waals surface area contributed by atoms with Crippen LogP contribution in [0, 0.1) is 5.92 Å². The van der Waals surface area contributed by atoms with Crippen molar-refractivity contribution in [2.45, 2.75) is 25.3 Å². The molecule has 1 atom stereocenters. The van der Waals surface area contributed by atoms with Gasteiger partial charge in [-0.2, -0.15) is 0 Å². The number of amides is 1. The van der Waals surface area contributed by atoms with Gasteiger partial charge in [0, 0.05) is 5.92 Å². The molecule has 114 valence electrons. The van der Waals surface area contributed by atoms with E-state index in [0.717, 1.165) is 31.5 Å². The van der Waals surface area contributed by atoms with Gasteiger partial charge >= 0.3 is 5.97 Å². The quantitative estimate of drug-likeness (QED) is 0.805. The van der Waals surface area contributed by atoms with Crippen molar-refractivity contribution >= 4 is 11.9 Å². The summed E-state index contributed by atoms with van der Waals surface area (Å²) in [6.07, 6.45) is 1.83. The van der Waals surface area contributed by atoms with Crippen molar-refractivity contribution in [3.8, 4) is 0 Å². The lowest BCUT2D eigenvalue weighted by molar-refractivity contribution is -0.141. The highest BCUT2D eigenvalue weighted by molar-refractivity contribution is 5.80. The van der Waals surface area contributed by atoms with Gasteiger partial charge in [0.25, 0.3) is 0 Å². The van der Waals surface area contributed by atoms with Gasteiger partial charge in [-0.3, -0.25) is 9.59 Å². The Morgan fingerprint density at radius 1 is 1.29 bits per heavy atom. The van der Waals surface area contributed by atoms with E-state index >= 15 is 0 Å². The predicted octanol–water partition coefficient (Wildman–Crippen LogP) is 1.41. The first-order valence-electron chi connectivity index (χ1n) is 7.33. The Labute approximate surface area is 125 Å². The van der Waals surface area contributed by atoms with Gasteiger partial charge in [-0.05, 0) is 31.5 Å². The molecule has 5 nitrogen and oxygen atoms in total. The van der Waals surface area contributed by atoms with Crippen LogP contribution in [0.1, 0.15) is 30.9 Å². The van der Waals surface area contributed by atoms with Crippen molar-refractivity contribution in [1.82, 2.24) is 10.6 Å². The molecule has 0 radical (unpaired) electrons. The minimum absolute atomic E-state index is 0.0225. The summed E-state index contributed by atoms with van der Waals surface area (Å²) in [7, 11) is 1.36. The molecule has 1 aliphatic heterocycles. The van der Waals surface area contributed by atoms with Crippen LogP contribution in [0.3, 0.4) is 0 Å². The second-order valence-corrected chi connectivity index (χ2v) is 5.28. The van der Waals surface area contributed by atoms with E-state index < -0.39 is 0 Å². The molecule has 1 fully saturated rings. The first kappa shape index (κ1) is 15.5. The number of esters is 1. The van der Waals surface area contributed by atoms with Crippen LogP contribution in [0.5, 0.6) is 0 Å². The van der Waals surface area contributed by atoms with Gasteiger partial charge in [0.1, 0.15) is 0 Å². The molecule has 0 aliphatic carbocycles. The molecule has 1 aromatic carbocycles. The maximum Gasteiger partial charge on any atom is 0.307 e. The Hall–Kier alpha value is -1.88. The molecular weight excluding hydrogens is 268 g/mol. The van der Waals surface area contributed by atoms with Gasteiger partial charge in [0.15, 0.2) is 0 Å². The largest absolute Gasteiger partial charge is 0.469 e. The van der Waals surface area contributed by atoms with Crippen LogP contribution in [0.25, 0.3) is 0 Å². The smallest absolute Gasteiger partial charge is 0.307 e. The highest BCUT2D eigenvalue weighted by atomic mass is 16.5. The summed E-state index contributed by atoms with van der Waals surface area (Å²) < 4.78 is 4.73. The SMILES string of the molecule is COC(=O)CC(NC(=O)C1CCNCC1)c1ccccc1. The highest BCUT2D eigenvalue weighted by Gasteiger charge is 2.25. The molecule has 0 bridgehead atoms. The summed E-state index contributed by atoms with van der Waals surface area (Å²) in [6.45, 7) is 1.73. The molecule has 0 saturated carbocycles. The van der Waals surface area contributed by atoms with Crippen LogP contribution in [0.15, 0.2) is 30.3 Å². The number of hydrogen-bond donors (Lipinski definition) is 2. The topological polar surface area (TPSA) is 67.4 Å². The maximum absolute atomic E-state index is 12.4. The molecule has 5 heteroatoms. The Morgan fingerprint density at radius 2 is 1.95 bits per heavy atom. The number of nitrogens with one attached hydrogen (secondary N) is 2. The average Bonchev–Trinajstić information content (AvgIpc) is 2.55. The molecule has 0 spiro atoms. The summed E-state index contributed by atoms with van der Waals surface area (Å²) >= 11 is 0. The zero-order valence-electron chi connectivity index (χ0n) is 12.3. The summed E-state index contributed by atoms with van der Waals surface area (Å²) in [5, 5.41) is 6.24. The molecule has 2 N–H and O–H groups in total. The number of ether oxygens (including phenoxy) is 1. The Balaban J connectivity index is 2.04. The molecule has 1 aromatic rings. The number of rotatable bonds is 5. The Bertz CT molecular complexity index is 470. The molecule has 2 rings (SSSR count). The highest BCUT2D eigenvalue weighted by Crippen LogP contribution is 2.20. The lowest BCUT2D eigenvalue weighted by atomic mass is 9.95. The van der Waals surface area contributed by atoms with E-state index in [1.807, 2.05) is 30.3 Å². The van der Waals surface area contributed by atoms with Gasteiger partial charge < -0.3 is 15.4 Å². The summed E-state index contributed by atoms with van der Waals surface area (Å²) in [4.78, 5) is 23.9. The van der Waals surface area contributed by atoms with Gasteiger partial charge in [-0.1, -0.05) is 30.3 Å². The third-order valence-electron chi connectivity index (χ3n) is 3.83. The van der Waals surface area contributed by atoms with E-state index in [9.17, 15) is 9.59 Å². The Morgan fingerprint density at radius 3 is 2.57 bits per heavy atom. The van der Waals surface area contributed by atoms with E-state index in [4.69, 9.17) is 4.74 Å². The second-order valence-electron chi connectivity index (χ2n) is 5.28. The van der Waals surface area contributed by atoms with E-state index in [0.29, 0.717) is 0 Å². The van der Waals surface area contributed by atoms with E-state index in [1.54, 1.807) is 0 Å². The average molecular weight is 290 g/mol.